The summed E-state index contributed by atoms with van der Waals surface area (Å²) in [6.45, 7) is 4.14. The zero-order valence-corrected chi connectivity index (χ0v) is 16.4. The smallest absolute Gasteiger partial charge is 0.256 e. The first-order chi connectivity index (χ1) is 12.4. The van der Waals surface area contributed by atoms with E-state index in [-0.39, 0.29) is 25.2 Å². The minimum absolute atomic E-state index is 0.0821. The maximum Gasteiger partial charge on any atom is 0.256 e. The van der Waals surface area contributed by atoms with Crippen molar-refractivity contribution in [2.24, 2.45) is 5.73 Å². The van der Waals surface area contributed by atoms with Gasteiger partial charge in [-0.15, -0.1) is 11.3 Å². The van der Waals surface area contributed by atoms with Gasteiger partial charge in [-0.05, 0) is 50.6 Å². The Morgan fingerprint density at radius 3 is 2.41 bits per heavy atom. The Bertz CT molecular complexity index is 1070. The van der Waals surface area contributed by atoms with Crippen molar-refractivity contribution in [2.75, 3.05) is 5.32 Å². The molecule has 0 spiro atoms. The first-order valence-corrected chi connectivity index (χ1v) is 9.90. The number of primary amides is 1. The number of rotatable bonds is 5. The summed E-state index contributed by atoms with van der Waals surface area (Å²) in [5.41, 5.74) is 4.11. The Labute approximate surface area is 160 Å². The number of sulfone groups is 1. The number of hydrogen-bond donors (Lipinski definition) is 3. The summed E-state index contributed by atoms with van der Waals surface area (Å²) < 4.78 is 25.6. The predicted molar refractivity (Wildman–Crippen MR) is 99.1 cm³/mol. The van der Waals surface area contributed by atoms with Gasteiger partial charge in [-0.3, -0.25) is 9.59 Å². The fraction of sp³-hybridized carbons (Fsp3) is 0.235. The number of nitriles is 1. The topological polar surface area (TPSA) is 150 Å². The Morgan fingerprint density at radius 1 is 1.26 bits per heavy atom. The van der Waals surface area contributed by atoms with Crippen LogP contribution in [0.2, 0.25) is 0 Å². The van der Waals surface area contributed by atoms with E-state index >= 15 is 0 Å². The molecular formula is C17H17N3O5S2. The Morgan fingerprint density at radius 2 is 1.89 bits per heavy atom. The molecule has 0 saturated heterocycles. The van der Waals surface area contributed by atoms with E-state index in [0.29, 0.717) is 16.9 Å². The Hall–Kier alpha value is -2.74. The molecule has 142 valence electrons. The Kier molecular flexibility index (Phi) is 5.42. The van der Waals surface area contributed by atoms with Crippen molar-refractivity contribution in [2.45, 2.75) is 35.5 Å². The molecule has 1 heterocycles. The summed E-state index contributed by atoms with van der Waals surface area (Å²) in [6, 6.07) is 7.12. The van der Waals surface area contributed by atoms with E-state index in [9.17, 15) is 23.1 Å². The van der Waals surface area contributed by atoms with Crippen LogP contribution in [0.4, 0.5) is 5.00 Å². The van der Waals surface area contributed by atoms with E-state index in [1.165, 1.54) is 32.0 Å². The number of aliphatic hydroxyl groups is 1. The van der Waals surface area contributed by atoms with Crippen LogP contribution in [0.5, 0.6) is 0 Å². The van der Waals surface area contributed by atoms with E-state index in [2.05, 4.69) is 5.32 Å². The lowest BCUT2D eigenvalue weighted by Gasteiger charge is -2.16. The molecule has 0 fully saturated rings. The van der Waals surface area contributed by atoms with Crippen LogP contribution >= 0.6 is 11.3 Å². The van der Waals surface area contributed by atoms with Gasteiger partial charge in [0.05, 0.1) is 22.1 Å². The van der Waals surface area contributed by atoms with E-state index in [0.717, 1.165) is 6.07 Å². The van der Waals surface area contributed by atoms with Crippen LogP contribution in [0.1, 0.15) is 35.3 Å². The number of amides is 2. The van der Waals surface area contributed by atoms with E-state index in [4.69, 9.17) is 11.0 Å². The van der Waals surface area contributed by atoms with Crippen molar-refractivity contribution in [3.8, 4) is 6.07 Å². The van der Waals surface area contributed by atoms with Gasteiger partial charge in [-0.1, -0.05) is 0 Å². The van der Waals surface area contributed by atoms with Gasteiger partial charge >= 0.3 is 0 Å². The average Bonchev–Trinajstić information content (AvgIpc) is 2.98. The molecule has 0 aliphatic rings. The van der Waals surface area contributed by atoms with Crippen LogP contribution in [0.25, 0.3) is 0 Å². The normalized spacial score (nSPS) is 11.7. The highest BCUT2D eigenvalue weighted by Gasteiger charge is 2.29. The predicted octanol–water partition coefficient (Wildman–Crippen LogP) is 1.57. The number of nitrogens with two attached hydrogens (primary N) is 1. The molecule has 27 heavy (non-hydrogen) atoms. The molecular weight excluding hydrogens is 390 g/mol. The largest absolute Gasteiger partial charge is 0.381 e. The molecule has 0 atom stereocenters. The standard InChI is InChI=1S/C17H17N3O5S2/c1-9-4-10(8-18)6-11(5-9)27(24,25)13-7-12(14(19)21)15(26-13)20-16(22)17(2,3)23/h4-7,23H,1-3H3,(H2,19,21)(H,20,22). The van der Waals surface area contributed by atoms with Crippen molar-refractivity contribution in [3.05, 3.63) is 41.0 Å². The SMILES string of the molecule is Cc1cc(C#N)cc(S(=O)(=O)c2cc(C(N)=O)c(NC(=O)C(C)(C)O)s2)c1. The van der Waals surface area contributed by atoms with Gasteiger partial charge in [0.25, 0.3) is 11.8 Å². The quantitative estimate of drug-likeness (QED) is 0.684. The average molecular weight is 407 g/mol. The van der Waals surface area contributed by atoms with Crippen LogP contribution < -0.4 is 11.1 Å². The number of nitrogens with zero attached hydrogens (tertiary/aromatic N) is 1. The number of thiophene rings is 1. The first kappa shape index (κ1) is 20.6. The highest BCUT2D eigenvalue weighted by molar-refractivity contribution is 7.93. The zero-order valence-electron chi connectivity index (χ0n) is 14.7. The lowest BCUT2D eigenvalue weighted by Crippen LogP contribution is -2.36. The van der Waals surface area contributed by atoms with Crippen LogP contribution in [-0.2, 0) is 14.6 Å². The molecule has 0 aliphatic carbocycles. The number of hydrogen-bond acceptors (Lipinski definition) is 7. The molecule has 8 nitrogen and oxygen atoms in total. The molecule has 1 aromatic heterocycles. The van der Waals surface area contributed by atoms with Crippen LogP contribution in [0, 0.1) is 18.3 Å². The molecule has 1 aromatic carbocycles. The van der Waals surface area contributed by atoms with E-state index in [1.807, 2.05) is 6.07 Å². The number of nitrogens with one attached hydrogen (secondary N) is 1. The van der Waals surface area contributed by atoms with Crippen molar-refractivity contribution < 1.29 is 23.1 Å². The summed E-state index contributed by atoms with van der Waals surface area (Å²) in [7, 11) is -4.05. The molecule has 10 heteroatoms. The number of aryl methyl sites for hydroxylation is 1. The van der Waals surface area contributed by atoms with Gasteiger partial charge in [0.15, 0.2) is 0 Å². The Balaban J connectivity index is 2.58. The molecule has 0 radical (unpaired) electrons. The number of benzene rings is 1. The van der Waals surface area contributed by atoms with Crippen molar-refractivity contribution in [3.63, 3.8) is 0 Å². The molecule has 0 saturated carbocycles. The second-order valence-corrected chi connectivity index (χ2v) is 9.56. The van der Waals surface area contributed by atoms with Gasteiger partial charge in [-0.25, -0.2) is 8.42 Å². The highest BCUT2D eigenvalue weighted by Crippen LogP contribution is 2.35. The van der Waals surface area contributed by atoms with Gasteiger partial charge in [0.2, 0.25) is 9.84 Å². The third-order valence-electron chi connectivity index (χ3n) is 3.51. The van der Waals surface area contributed by atoms with Crippen LogP contribution in [0.3, 0.4) is 0 Å². The minimum atomic E-state index is -4.05. The molecule has 0 aliphatic heterocycles. The number of carbonyl (C=O) groups excluding carboxylic acids is 2. The fourth-order valence-corrected chi connectivity index (χ4v) is 5.01. The maximum atomic E-state index is 12.9. The molecule has 0 unspecified atom stereocenters. The summed E-state index contributed by atoms with van der Waals surface area (Å²) in [5, 5.41) is 21.0. The summed E-state index contributed by atoms with van der Waals surface area (Å²) in [5.74, 6) is -1.75. The summed E-state index contributed by atoms with van der Waals surface area (Å²) in [6.07, 6.45) is 0. The second kappa shape index (κ2) is 7.11. The monoisotopic (exact) mass is 407 g/mol. The summed E-state index contributed by atoms with van der Waals surface area (Å²) >= 11 is 0.639. The van der Waals surface area contributed by atoms with Crippen LogP contribution in [0.15, 0.2) is 33.4 Å². The molecule has 2 amide bonds. The van der Waals surface area contributed by atoms with Gasteiger partial charge in [0.1, 0.15) is 14.8 Å². The third-order valence-corrected chi connectivity index (χ3v) is 6.77. The maximum absolute atomic E-state index is 12.9. The molecule has 4 N–H and O–H groups in total. The molecule has 2 rings (SSSR count). The molecule has 0 bridgehead atoms. The van der Waals surface area contributed by atoms with Crippen molar-refractivity contribution in [1.29, 1.82) is 5.26 Å². The fourth-order valence-electron chi connectivity index (χ4n) is 2.12. The van der Waals surface area contributed by atoms with Crippen LogP contribution in [-0.4, -0.2) is 30.9 Å². The minimum Gasteiger partial charge on any atom is -0.381 e. The van der Waals surface area contributed by atoms with Gasteiger partial charge < -0.3 is 16.2 Å². The highest BCUT2D eigenvalue weighted by atomic mass is 32.2. The molecule has 2 aromatic rings. The van der Waals surface area contributed by atoms with E-state index < -0.39 is 27.3 Å². The van der Waals surface area contributed by atoms with Gasteiger partial charge in [-0.2, -0.15) is 5.26 Å². The van der Waals surface area contributed by atoms with E-state index in [1.54, 1.807) is 6.92 Å². The lowest BCUT2D eigenvalue weighted by atomic mass is 10.1. The van der Waals surface area contributed by atoms with Gasteiger partial charge in [0, 0.05) is 0 Å². The second-order valence-electron chi connectivity index (χ2n) is 6.34. The lowest BCUT2D eigenvalue weighted by molar-refractivity contribution is -0.130. The third kappa shape index (κ3) is 4.33. The number of carbonyl (C=O) groups is 2. The number of anilines is 1. The van der Waals surface area contributed by atoms with Crippen molar-refractivity contribution >= 4 is 38.0 Å². The summed E-state index contributed by atoms with van der Waals surface area (Å²) in [4.78, 5) is 23.5. The van der Waals surface area contributed by atoms with Crippen molar-refractivity contribution in [1.82, 2.24) is 0 Å². The zero-order chi connectivity index (χ0) is 20.6. The first-order valence-electron chi connectivity index (χ1n) is 7.60.